The van der Waals surface area contributed by atoms with Gasteiger partial charge in [-0.25, -0.2) is 0 Å². The highest BCUT2D eigenvalue weighted by molar-refractivity contribution is 5.98. The number of ketones is 1. The molecule has 5 heteroatoms. The fourth-order valence-corrected chi connectivity index (χ4v) is 1.87. The minimum Gasteiger partial charge on any atom is -0.507 e. The molecule has 0 aliphatic carbocycles. The molecule has 0 aromatic heterocycles. The van der Waals surface area contributed by atoms with E-state index in [0.29, 0.717) is 11.1 Å². The van der Waals surface area contributed by atoms with Crippen molar-refractivity contribution < 1.29 is 23.1 Å². The number of benzene rings is 2. The number of alkyl halides is 3. The van der Waals surface area contributed by atoms with E-state index in [1.54, 1.807) is 0 Å². The van der Waals surface area contributed by atoms with Crippen molar-refractivity contribution in [1.29, 1.82) is 0 Å². The van der Waals surface area contributed by atoms with Crippen LogP contribution in [0.15, 0.2) is 42.5 Å². The number of hydrogen-bond acceptors (Lipinski definition) is 2. The second kappa shape index (κ2) is 5.00. The third-order valence-corrected chi connectivity index (χ3v) is 2.90. The normalized spacial score (nSPS) is 11.4. The number of carbonyl (C=O) groups is 1. The average molecular weight is 280 g/mol. The van der Waals surface area contributed by atoms with E-state index < -0.39 is 11.7 Å². The number of phenolic OH excluding ortho intramolecular Hbond substituents is 1. The molecule has 0 saturated heterocycles. The summed E-state index contributed by atoms with van der Waals surface area (Å²) in [6.07, 6.45) is -4.42. The van der Waals surface area contributed by atoms with Gasteiger partial charge in [-0.05, 0) is 42.3 Å². The molecule has 0 fully saturated rings. The lowest BCUT2D eigenvalue weighted by Crippen LogP contribution is -2.04. The Morgan fingerprint density at radius 2 is 1.70 bits per heavy atom. The van der Waals surface area contributed by atoms with Crippen LogP contribution in [0.1, 0.15) is 22.8 Å². The molecule has 2 rings (SSSR count). The van der Waals surface area contributed by atoms with Crippen molar-refractivity contribution in [3.8, 4) is 16.9 Å². The van der Waals surface area contributed by atoms with Crippen LogP contribution < -0.4 is 0 Å². The average Bonchev–Trinajstić information content (AvgIpc) is 2.38. The van der Waals surface area contributed by atoms with Crippen LogP contribution in [0.4, 0.5) is 13.2 Å². The predicted molar refractivity (Wildman–Crippen MR) is 68.5 cm³/mol. The molecule has 1 N–H and O–H groups in total. The summed E-state index contributed by atoms with van der Waals surface area (Å²) >= 11 is 0. The summed E-state index contributed by atoms with van der Waals surface area (Å²) in [6, 6.07) is 8.97. The van der Waals surface area contributed by atoms with E-state index in [-0.39, 0.29) is 17.1 Å². The first kappa shape index (κ1) is 14.1. The summed E-state index contributed by atoms with van der Waals surface area (Å²) in [7, 11) is 0. The molecule has 0 aliphatic rings. The molecule has 2 aromatic rings. The van der Waals surface area contributed by atoms with Crippen molar-refractivity contribution in [1.82, 2.24) is 0 Å². The van der Waals surface area contributed by atoms with Crippen molar-refractivity contribution in [3.05, 3.63) is 53.6 Å². The quantitative estimate of drug-likeness (QED) is 0.834. The van der Waals surface area contributed by atoms with Crippen LogP contribution in [0.2, 0.25) is 0 Å². The summed E-state index contributed by atoms with van der Waals surface area (Å²) in [5.74, 6) is -0.537. The minimum atomic E-state index is -4.42. The van der Waals surface area contributed by atoms with Crippen molar-refractivity contribution >= 4 is 5.78 Å². The molecule has 0 bridgehead atoms. The summed E-state index contributed by atoms with van der Waals surface area (Å²) in [4.78, 5) is 11.3. The van der Waals surface area contributed by atoms with Gasteiger partial charge in [-0.1, -0.05) is 18.2 Å². The standard InChI is InChI=1S/C15H11F3O2/c1-9(19)13-8-11(5-6-14(13)20)10-3-2-4-12(7-10)15(16,17)18/h2-8,20H,1H3. The van der Waals surface area contributed by atoms with E-state index in [4.69, 9.17) is 0 Å². The Morgan fingerprint density at radius 1 is 1.05 bits per heavy atom. The van der Waals surface area contributed by atoms with Gasteiger partial charge in [0.05, 0.1) is 11.1 Å². The summed E-state index contributed by atoms with van der Waals surface area (Å²) in [5, 5.41) is 9.54. The highest BCUT2D eigenvalue weighted by Gasteiger charge is 2.30. The molecule has 2 nitrogen and oxygen atoms in total. The Labute approximate surface area is 113 Å². The number of hydrogen-bond donors (Lipinski definition) is 1. The number of Topliss-reactive ketones (excluding diaryl/α,β-unsaturated/α-hetero) is 1. The SMILES string of the molecule is CC(=O)c1cc(-c2cccc(C(F)(F)F)c2)ccc1O. The van der Waals surface area contributed by atoms with Crippen LogP contribution in [0.3, 0.4) is 0 Å². The van der Waals surface area contributed by atoms with Crippen LogP contribution >= 0.6 is 0 Å². The van der Waals surface area contributed by atoms with Crippen LogP contribution in [0.5, 0.6) is 5.75 Å². The Balaban J connectivity index is 2.52. The molecule has 0 aliphatic heterocycles. The largest absolute Gasteiger partial charge is 0.507 e. The first-order valence-electron chi connectivity index (χ1n) is 5.80. The molecular weight excluding hydrogens is 269 g/mol. The fourth-order valence-electron chi connectivity index (χ4n) is 1.87. The Kier molecular flexibility index (Phi) is 3.53. The van der Waals surface area contributed by atoms with Gasteiger partial charge >= 0.3 is 6.18 Å². The van der Waals surface area contributed by atoms with E-state index in [1.807, 2.05) is 0 Å². The van der Waals surface area contributed by atoms with E-state index >= 15 is 0 Å². The lowest BCUT2D eigenvalue weighted by Gasteiger charge is -2.10. The second-order valence-corrected chi connectivity index (χ2v) is 4.37. The smallest absolute Gasteiger partial charge is 0.416 e. The molecular formula is C15H11F3O2. The highest BCUT2D eigenvalue weighted by Crippen LogP contribution is 2.33. The molecule has 2 aromatic carbocycles. The van der Waals surface area contributed by atoms with Crippen molar-refractivity contribution in [2.75, 3.05) is 0 Å². The first-order valence-corrected chi connectivity index (χ1v) is 5.80. The van der Waals surface area contributed by atoms with Gasteiger partial charge in [-0.15, -0.1) is 0 Å². The zero-order chi connectivity index (χ0) is 14.9. The van der Waals surface area contributed by atoms with Gasteiger partial charge in [0.2, 0.25) is 0 Å². The number of carbonyl (C=O) groups excluding carboxylic acids is 1. The fraction of sp³-hybridized carbons (Fsp3) is 0.133. The monoisotopic (exact) mass is 280 g/mol. The van der Waals surface area contributed by atoms with E-state index in [2.05, 4.69) is 0 Å². The number of halogens is 3. The Morgan fingerprint density at radius 3 is 2.30 bits per heavy atom. The molecule has 0 unspecified atom stereocenters. The van der Waals surface area contributed by atoms with Crippen molar-refractivity contribution in [2.24, 2.45) is 0 Å². The van der Waals surface area contributed by atoms with Gasteiger partial charge in [-0.2, -0.15) is 13.2 Å². The highest BCUT2D eigenvalue weighted by atomic mass is 19.4. The number of aromatic hydroxyl groups is 1. The lowest BCUT2D eigenvalue weighted by molar-refractivity contribution is -0.137. The van der Waals surface area contributed by atoms with E-state index in [1.165, 1.54) is 37.3 Å². The number of phenols is 1. The molecule has 0 radical (unpaired) electrons. The lowest BCUT2D eigenvalue weighted by atomic mass is 9.99. The zero-order valence-electron chi connectivity index (χ0n) is 10.5. The summed E-state index contributed by atoms with van der Waals surface area (Å²) < 4.78 is 38.0. The molecule has 0 heterocycles. The molecule has 0 amide bonds. The van der Waals surface area contributed by atoms with Gasteiger partial charge in [-0.3, -0.25) is 4.79 Å². The molecule has 0 spiro atoms. The third kappa shape index (κ3) is 2.82. The second-order valence-electron chi connectivity index (χ2n) is 4.37. The van der Waals surface area contributed by atoms with E-state index in [0.717, 1.165) is 12.1 Å². The van der Waals surface area contributed by atoms with Crippen LogP contribution in [-0.2, 0) is 6.18 Å². The van der Waals surface area contributed by atoms with Gasteiger partial charge < -0.3 is 5.11 Å². The topological polar surface area (TPSA) is 37.3 Å². The van der Waals surface area contributed by atoms with Gasteiger partial charge in [0.25, 0.3) is 0 Å². The molecule has 104 valence electrons. The summed E-state index contributed by atoms with van der Waals surface area (Å²) in [6.45, 7) is 1.28. The minimum absolute atomic E-state index is 0.0833. The summed E-state index contributed by atoms with van der Waals surface area (Å²) in [5.41, 5.74) is 0.105. The van der Waals surface area contributed by atoms with Crippen LogP contribution in [-0.4, -0.2) is 10.9 Å². The first-order chi connectivity index (χ1) is 9.29. The van der Waals surface area contributed by atoms with Crippen molar-refractivity contribution in [3.63, 3.8) is 0 Å². The molecule has 20 heavy (non-hydrogen) atoms. The maximum absolute atomic E-state index is 12.7. The predicted octanol–water partition coefficient (Wildman–Crippen LogP) is 4.28. The Bertz CT molecular complexity index is 660. The maximum atomic E-state index is 12.7. The Hall–Kier alpha value is -2.30. The zero-order valence-corrected chi connectivity index (χ0v) is 10.5. The van der Waals surface area contributed by atoms with Crippen molar-refractivity contribution in [2.45, 2.75) is 13.1 Å². The van der Waals surface area contributed by atoms with Crippen LogP contribution in [0.25, 0.3) is 11.1 Å². The molecule has 0 saturated carbocycles. The third-order valence-electron chi connectivity index (χ3n) is 2.90. The van der Waals surface area contributed by atoms with Gasteiger partial charge in [0.15, 0.2) is 5.78 Å². The van der Waals surface area contributed by atoms with Gasteiger partial charge in [0.1, 0.15) is 5.75 Å². The number of rotatable bonds is 2. The molecule has 0 atom stereocenters. The van der Waals surface area contributed by atoms with E-state index in [9.17, 15) is 23.1 Å². The van der Waals surface area contributed by atoms with Gasteiger partial charge in [0, 0.05) is 0 Å². The van der Waals surface area contributed by atoms with Crippen LogP contribution in [0, 0.1) is 0 Å². The maximum Gasteiger partial charge on any atom is 0.416 e.